The summed E-state index contributed by atoms with van der Waals surface area (Å²) in [5.41, 5.74) is 0.878. The maximum atomic E-state index is 15.0. The van der Waals surface area contributed by atoms with E-state index in [1.807, 2.05) is 19.1 Å². The van der Waals surface area contributed by atoms with Crippen molar-refractivity contribution in [3.63, 3.8) is 0 Å². The van der Waals surface area contributed by atoms with Gasteiger partial charge in [0.2, 0.25) is 5.82 Å². The standard InChI is InChI=1S/C31H32F4O3/c1-3-5-6-7-17-36-26-16-15-24(28(33)30(26)35)22-11-9-21(10-12-22)23-13-14-25(29(34)27(23)32)31-37-18-20(8-4-2)19-38-31/h4,8-16,20,31H,3,5-7,17-19H2,1-2H3/b8-4+. The molecule has 0 bridgehead atoms. The summed E-state index contributed by atoms with van der Waals surface area (Å²) in [6.07, 6.45) is 6.73. The van der Waals surface area contributed by atoms with Crippen LogP contribution in [-0.4, -0.2) is 19.8 Å². The maximum absolute atomic E-state index is 15.0. The summed E-state index contributed by atoms with van der Waals surface area (Å²) in [7, 11) is 0. The number of unbranched alkanes of at least 4 members (excludes halogenated alkanes) is 3. The fourth-order valence-corrected chi connectivity index (χ4v) is 4.46. The highest BCUT2D eigenvalue weighted by Gasteiger charge is 2.27. The van der Waals surface area contributed by atoms with Crippen molar-refractivity contribution in [2.75, 3.05) is 19.8 Å². The minimum absolute atomic E-state index is 0.00739. The average molecular weight is 529 g/mol. The lowest BCUT2D eigenvalue weighted by Crippen LogP contribution is -2.26. The summed E-state index contributed by atoms with van der Waals surface area (Å²) >= 11 is 0. The van der Waals surface area contributed by atoms with E-state index in [9.17, 15) is 13.2 Å². The second-order valence-corrected chi connectivity index (χ2v) is 9.34. The van der Waals surface area contributed by atoms with Crippen LogP contribution in [0.1, 0.15) is 51.4 Å². The number of halogens is 4. The van der Waals surface area contributed by atoms with Crippen LogP contribution in [0.4, 0.5) is 17.6 Å². The van der Waals surface area contributed by atoms with Crippen LogP contribution in [0.3, 0.4) is 0 Å². The molecule has 1 fully saturated rings. The highest BCUT2D eigenvalue weighted by atomic mass is 19.2. The van der Waals surface area contributed by atoms with Crippen LogP contribution in [0.2, 0.25) is 0 Å². The van der Waals surface area contributed by atoms with Gasteiger partial charge in [-0.2, -0.15) is 4.39 Å². The van der Waals surface area contributed by atoms with E-state index in [0.29, 0.717) is 30.9 Å². The van der Waals surface area contributed by atoms with Crippen molar-refractivity contribution in [1.82, 2.24) is 0 Å². The van der Waals surface area contributed by atoms with Gasteiger partial charge in [0.15, 0.2) is 29.5 Å². The van der Waals surface area contributed by atoms with E-state index in [0.717, 1.165) is 25.7 Å². The Kier molecular flexibility index (Phi) is 9.58. The van der Waals surface area contributed by atoms with Gasteiger partial charge in [0, 0.05) is 22.6 Å². The van der Waals surface area contributed by atoms with Crippen LogP contribution in [0.5, 0.6) is 5.75 Å². The predicted octanol–water partition coefficient (Wildman–Crippen LogP) is 8.77. The molecule has 0 aromatic heterocycles. The third kappa shape index (κ3) is 6.27. The fraction of sp³-hybridized carbons (Fsp3) is 0.355. The predicted molar refractivity (Wildman–Crippen MR) is 140 cm³/mol. The highest BCUT2D eigenvalue weighted by molar-refractivity contribution is 5.71. The van der Waals surface area contributed by atoms with E-state index < -0.39 is 29.6 Å². The molecule has 202 valence electrons. The van der Waals surface area contributed by atoms with Crippen LogP contribution >= 0.6 is 0 Å². The first kappa shape index (κ1) is 27.9. The van der Waals surface area contributed by atoms with Crippen LogP contribution < -0.4 is 4.74 Å². The minimum atomic E-state index is -1.05. The van der Waals surface area contributed by atoms with E-state index in [1.54, 1.807) is 12.1 Å². The number of hydrogen-bond acceptors (Lipinski definition) is 3. The van der Waals surface area contributed by atoms with Crippen molar-refractivity contribution in [2.24, 2.45) is 5.92 Å². The lowest BCUT2D eigenvalue weighted by atomic mass is 9.98. The molecule has 1 aliphatic rings. The lowest BCUT2D eigenvalue weighted by molar-refractivity contribution is -0.199. The van der Waals surface area contributed by atoms with Crippen molar-refractivity contribution in [3.05, 3.63) is 89.5 Å². The first-order valence-corrected chi connectivity index (χ1v) is 13.0. The van der Waals surface area contributed by atoms with Gasteiger partial charge >= 0.3 is 0 Å². The van der Waals surface area contributed by atoms with Gasteiger partial charge in [-0.3, -0.25) is 0 Å². The molecule has 0 aliphatic carbocycles. The summed E-state index contributed by atoms with van der Waals surface area (Å²) in [5.74, 6) is -4.19. The van der Waals surface area contributed by atoms with E-state index >= 15 is 4.39 Å². The molecule has 1 heterocycles. The van der Waals surface area contributed by atoms with Gasteiger partial charge in [-0.05, 0) is 36.6 Å². The van der Waals surface area contributed by atoms with Crippen LogP contribution in [0.15, 0.2) is 60.7 Å². The number of ether oxygens (including phenoxy) is 3. The molecule has 1 aliphatic heterocycles. The quantitative estimate of drug-likeness (QED) is 0.150. The summed E-state index contributed by atoms with van der Waals surface area (Å²) in [6.45, 7) is 5.00. The molecule has 0 saturated carbocycles. The molecule has 7 heteroatoms. The number of allylic oxidation sites excluding steroid dienone is 1. The molecule has 0 amide bonds. The second kappa shape index (κ2) is 13.1. The SMILES string of the molecule is C/C=C/C1COC(c2ccc(-c3ccc(-c4ccc(OCCCCCC)c(F)c4F)cc3)c(F)c2F)OC1. The zero-order valence-corrected chi connectivity index (χ0v) is 21.6. The summed E-state index contributed by atoms with van der Waals surface area (Å²) in [5, 5.41) is 0. The van der Waals surface area contributed by atoms with Gasteiger partial charge < -0.3 is 14.2 Å². The molecule has 0 atom stereocenters. The van der Waals surface area contributed by atoms with E-state index in [2.05, 4.69) is 6.92 Å². The van der Waals surface area contributed by atoms with Crippen molar-refractivity contribution in [1.29, 1.82) is 0 Å². The Balaban J connectivity index is 1.48. The second-order valence-electron chi connectivity index (χ2n) is 9.34. The largest absolute Gasteiger partial charge is 0.490 e. The van der Waals surface area contributed by atoms with Gasteiger partial charge in [0.05, 0.1) is 19.8 Å². The Morgan fingerprint density at radius 3 is 1.97 bits per heavy atom. The summed E-state index contributed by atoms with van der Waals surface area (Å²) in [4.78, 5) is 0. The highest BCUT2D eigenvalue weighted by Crippen LogP contribution is 2.35. The molecule has 3 nitrogen and oxygen atoms in total. The van der Waals surface area contributed by atoms with Crippen molar-refractivity contribution in [2.45, 2.75) is 45.8 Å². The Hall–Kier alpha value is -3.16. The van der Waals surface area contributed by atoms with Gasteiger partial charge in [-0.1, -0.05) is 74.7 Å². The molecule has 1 saturated heterocycles. The van der Waals surface area contributed by atoms with Crippen LogP contribution in [0, 0.1) is 29.2 Å². The molecule has 0 spiro atoms. The fourth-order valence-electron chi connectivity index (χ4n) is 4.46. The molecule has 0 unspecified atom stereocenters. The summed E-state index contributed by atoms with van der Waals surface area (Å²) < 4.78 is 76.0. The smallest absolute Gasteiger partial charge is 0.201 e. The molecule has 0 radical (unpaired) electrons. The third-order valence-corrected chi connectivity index (χ3v) is 6.56. The van der Waals surface area contributed by atoms with E-state index in [-0.39, 0.29) is 28.4 Å². The van der Waals surface area contributed by atoms with Crippen molar-refractivity contribution in [3.8, 4) is 28.0 Å². The third-order valence-electron chi connectivity index (χ3n) is 6.56. The van der Waals surface area contributed by atoms with Gasteiger partial charge in [-0.15, -0.1) is 0 Å². The topological polar surface area (TPSA) is 27.7 Å². The molecule has 38 heavy (non-hydrogen) atoms. The van der Waals surface area contributed by atoms with E-state index in [4.69, 9.17) is 14.2 Å². The zero-order chi connectivity index (χ0) is 27.1. The number of rotatable bonds is 10. The Bertz CT molecular complexity index is 1250. The number of benzene rings is 3. The summed E-state index contributed by atoms with van der Waals surface area (Å²) in [6, 6.07) is 11.9. The normalized spacial score (nSPS) is 17.7. The average Bonchev–Trinajstić information content (AvgIpc) is 2.93. The minimum Gasteiger partial charge on any atom is -0.490 e. The molecule has 4 rings (SSSR count). The van der Waals surface area contributed by atoms with Crippen molar-refractivity contribution >= 4 is 0 Å². The van der Waals surface area contributed by atoms with Gasteiger partial charge in [-0.25, -0.2) is 13.2 Å². The molecule has 0 N–H and O–H groups in total. The monoisotopic (exact) mass is 528 g/mol. The van der Waals surface area contributed by atoms with Gasteiger partial charge in [0.25, 0.3) is 0 Å². The lowest BCUT2D eigenvalue weighted by Gasteiger charge is -2.28. The van der Waals surface area contributed by atoms with Crippen molar-refractivity contribution < 1.29 is 31.8 Å². The molecule has 3 aromatic rings. The Morgan fingerprint density at radius 2 is 1.37 bits per heavy atom. The molecule has 3 aromatic carbocycles. The zero-order valence-electron chi connectivity index (χ0n) is 21.6. The van der Waals surface area contributed by atoms with Crippen LogP contribution in [0.25, 0.3) is 22.3 Å². The first-order chi connectivity index (χ1) is 18.4. The van der Waals surface area contributed by atoms with E-state index in [1.165, 1.54) is 36.4 Å². The maximum Gasteiger partial charge on any atom is 0.201 e. The first-order valence-electron chi connectivity index (χ1n) is 13.0. The number of hydrogen-bond donors (Lipinski definition) is 0. The molecular weight excluding hydrogens is 496 g/mol. The Morgan fingerprint density at radius 1 is 0.763 bits per heavy atom. The van der Waals surface area contributed by atoms with Crippen LogP contribution in [-0.2, 0) is 9.47 Å². The Labute approximate surface area is 221 Å². The van der Waals surface area contributed by atoms with Gasteiger partial charge in [0.1, 0.15) is 0 Å². The molecular formula is C31H32F4O3.